The average molecular weight is 1880 g/mol. The van der Waals surface area contributed by atoms with Gasteiger partial charge in [-0.15, -0.1) is 0 Å². The first-order chi connectivity index (χ1) is 60.3. The second kappa shape index (κ2) is 45.4. The molecule has 10 fully saturated rings. The highest BCUT2D eigenvalue weighted by atomic mass is 16.8. The normalized spacial score (nSPS) is 48.4. The number of aliphatic hydroxyl groups excluding tert-OH is 28. The Morgan fingerprint density at radius 3 is 1.19 bits per heavy atom. The Hall–Kier alpha value is -4.53. The van der Waals surface area contributed by atoms with Gasteiger partial charge in [0, 0.05) is 34.1 Å². The number of carbonyl (C=O) groups excluding carboxylic acids is 4. The summed E-state index contributed by atoms with van der Waals surface area (Å²) in [7, 11) is 0. The quantitative estimate of drug-likeness (QED) is 0.0284. The minimum atomic E-state index is -3.06. The smallest absolute Gasteiger partial charge is 0.364 e. The lowest BCUT2D eigenvalue weighted by atomic mass is 9.88. The van der Waals surface area contributed by atoms with Gasteiger partial charge in [0.1, 0.15) is 232 Å². The molecule has 0 aromatic carbocycles. The van der Waals surface area contributed by atoms with E-state index in [1.807, 2.05) is 0 Å². The van der Waals surface area contributed by atoms with Crippen molar-refractivity contribution in [2.24, 2.45) is 0 Å². The van der Waals surface area contributed by atoms with Gasteiger partial charge in [-0.3, -0.25) is 19.2 Å². The Bertz CT molecular complexity index is 3530. The fraction of sp³-hybridized carbons (Fsp3) is 0.930. The lowest BCUT2D eigenvalue weighted by Crippen LogP contribution is -2.71. The zero-order valence-corrected chi connectivity index (χ0v) is 68.7. The van der Waals surface area contributed by atoms with E-state index in [9.17, 15) is 172 Å². The lowest BCUT2D eigenvalue weighted by molar-refractivity contribution is -0.391. The number of aliphatic carboxylic acids is 1. The van der Waals surface area contributed by atoms with Crippen LogP contribution >= 0.6 is 0 Å². The molecule has 57 heteroatoms. The van der Waals surface area contributed by atoms with Crippen molar-refractivity contribution in [1.29, 1.82) is 0 Å². The molecule has 0 aliphatic carbocycles. The molecule has 10 saturated heterocycles. The minimum absolute atomic E-state index is 0.832. The zero-order valence-electron chi connectivity index (χ0n) is 68.7. The van der Waals surface area contributed by atoms with E-state index < -0.39 is 408 Å². The van der Waals surface area contributed by atoms with Gasteiger partial charge in [-0.25, -0.2) is 4.79 Å². The standard InChI is InChI=1S/C71H118N4O53/c1-16-35(89)44(98)49(103)65(112-16)127-60-46(100)37(91)23(8-77)116-69(60)124-56-34(75-20(5)86)64(114-24(9-78)39(56)93)126-59-41(95)29(119-68(52(59)106)123-55-26(11-80)113-61(107)48(102)47(55)101)14-110-62-32(73-18(3)84)42(96)53(27(12-81)117-62)122-67-51(105)58(40(94)25(10-79)115-67)125-63-33(74-19(4)85)43(97)54(28(13-82)118-63)121-66-50(104)45(99)38(92)30(120-66)15-111-71(70(108)109)6-21(87)31(72-17(2)83)57(128-71)36(90)22(88)7-76/h16,21-69,76-82,87-107H,6-15H2,1-5H3,(H,72,83)(H,73,84)(H,74,85)(H,75,86)(H,108,109)/t16-,21-,22+,23+,24+,25+,26+,27+,28+,29+,30+,31+,32+,33+,34+,35+,36+,37-,38-,39+,40-,41-,42+,43+,44+,45-,46-,47+,48+,49-,50+,51+,52+,53+,54+,55+,56+,57+,58-,59-,60+,61?,62+,63-,64-,65-,66-,67-,68-,69-,71+/m0/s1. The summed E-state index contributed by atoms with van der Waals surface area (Å²) in [4.78, 5) is 64.4. The summed E-state index contributed by atoms with van der Waals surface area (Å²) in [5.74, 6) is -8.89. The van der Waals surface area contributed by atoms with Gasteiger partial charge in [0.05, 0.1) is 77.7 Å². The fourth-order valence-electron chi connectivity index (χ4n) is 16.5. The molecule has 0 bridgehead atoms. The highest BCUT2D eigenvalue weighted by Crippen LogP contribution is 2.42. The maximum absolute atomic E-state index is 13.3. The number of carboxylic acids is 1. The summed E-state index contributed by atoms with van der Waals surface area (Å²) in [6.07, 6.45) is -98.1. The molecule has 10 rings (SSSR count). The van der Waals surface area contributed by atoms with E-state index in [2.05, 4.69) is 21.3 Å². The van der Waals surface area contributed by atoms with E-state index in [1.165, 1.54) is 6.92 Å². The van der Waals surface area contributed by atoms with Crippen molar-refractivity contribution in [3.63, 3.8) is 0 Å². The minimum Gasteiger partial charge on any atom is -0.477 e. The molecular weight excluding hydrogens is 1760 g/mol. The first-order valence-corrected chi connectivity index (χ1v) is 40.6. The second-order valence-electron chi connectivity index (χ2n) is 32.4. The molecule has 10 aliphatic heterocycles. The Kier molecular flexibility index (Phi) is 37.4. The third-order valence-electron chi connectivity index (χ3n) is 23.4. The average Bonchev–Trinajstić information content (AvgIpc) is 0.653. The van der Waals surface area contributed by atoms with Crippen LogP contribution in [0, 0.1) is 0 Å². The van der Waals surface area contributed by atoms with Crippen molar-refractivity contribution >= 4 is 29.6 Å². The van der Waals surface area contributed by atoms with Gasteiger partial charge in [-0.1, -0.05) is 0 Å². The van der Waals surface area contributed by atoms with Crippen molar-refractivity contribution < 1.29 is 262 Å². The summed E-state index contributed by atoms with van der Waals surface area (Å²) >= 11 is 0. The highest BCUT2D eigenvalue weighted by molar-refractivity contribution is 5.77. The molecule has 128 heavy (non-hydrogen) atoms. The van der Waals surface area contributed by atoms with Crippen LogP contribution in [-0.4, -0.2) is 550 Å². The number of aliphatic hydroxyl groups is 28. The summed E-state index contributed by atoms with van der Waals surface area (Å²) in [5, 5.41) is 331. The van der Waals surface area contributed by atoms with Gasteiger partial charge in [0.25, 0.3) is 5.79 Å². The highest BCUT2D eigenvalue weighted by Gasteiger charge is 2.63. The number of carbonyl (C=O) groups is 5. The maximum Gasteiger partial charge on any atom is 0.364 e. The molecule has 51 atom stereocenters. The first kappa shape index (κ1) is 106. The monoisotopic (exact) mass is 1870 g/mol. The molecule has 0 radical (unpaired) electrons. The van der Waals surface area contributed by atoms with Crippen molar-refractivity contribution in [2.45, 2.75) is 353 Å². The number of ether oxygens (including phenoxy) is 19. The lowest BCUT2D eigenvalue weighted by Gasteiger charge is -2.51. The molecule has 0 aromatic rings. The molecule has 0 spiro atoms. The summed E-state index contributed by atoms with van der Waals surface area (Å²) < 4.78 is 111. The second-order valence-corrected chi connectivity index (χ2v) is 32.4. The first-order valence-electron chi connectivity index (χ1n) is 40.6. The van der Waals surface area contributed by atoms with E-state index in [0.717, 1.165) is 27.7 Å². The summed E-state index contributed by atoms with van der Waals surface area (Å²) in [5.41, 5.74) is 0. The molecule has 0 saturated carbocycles. The SMILES string of the molecule is CC(=O)N[C@H]1[C@H](O[C@H]2[C@@H](O)[C@@H](CO)O[C@@H](O[C@H]3[C@H](O)[C@@H](NC(C)=O)[C@H](OC[C@H]4O[C@@H](O[C@H]5[C@H](O)[C@@H](O)C(O)O[C@@H]5CO)[C@H](O)[C@@H](O[C@@H]5O[C@H](CO)[C@@H](O)[C@H](O[C@@H]6O[C@H](CO)[C@H](O)[C@H](O)[C@H]6O[C@@H]6O[C@@H](C)[C@@H](O)[C@@H](O)[C@@H]6O)[C@H]5NC(C)=O)[C@H]4O)O[C@@H]3CO)[C@@H]2O)O[C@H](CO)[C@@H](O[C@@H]2O[C@H](CO[C@]3(C(=O)O)C[C@H](O)[C@@H](NC(C)=O)[C@H]([C@H](O)[C@H](O)CO)O3)[C@H](O)[C@H](O)[C@H]2O)[C@@H]1O. The summed E-state index contributed by atoms with van der Waals surface area (Å²) in [6.45, 7) is -5.45. The van der Waals surface area contributed by atoms with Gasteiger partial charge < -0.3 is 259 Å². The molecule has 4 amide bonds. The van der Waals surface area contributed by atoms with Crippen LogP contribution in [0.25, 0.3) is 0 Å². The largest absolute Gasteiger partial charge is 0.477 e. The Morgan fingerprint density at radius 1 is 0.336 bits per heavy atom. The fourth-order valence-corrected chi connectivity index (χ4v) is 16.5. The number of hydrogen-bond donors (Lipinski definition) is 33. The summed E-state index contributed by atoms with van der Waals surface area (Å²) in [6, 6.07) is -7.62. The molecule has 10 aliphatic rings. The topological polar surface area (TPSA) is 896 Å². The van der Waals surface area contributed by atoms with Gasteiger partial charge >= 0.3 is 5.97 Å². The van der Waals surface area contributed by atoms with Crippen LogP contribution in [0.15, 0.2) is 0 Å². The van der Waals surface area contributed by atoms with Crippen LogP contribution in [0.2, 0.25) is 0 Å². The number of nitrogens with one attached hydrogen (secondary N) is 4. The van der Waals surface area contributed by atoms with E-state index in [4.69, 9.17) is 90.0 Å². The van der Waals surface area contributed by atoms with Crippen molar-refractivity contribution in [3.05, 3.63) is 0 Å². The van der Waals surface area contributed by atoms with E-state index in [1.54, 1.807) is 0 Å². The van der Waals surface area contributed by atoms with Crippen LogP contribution in [0.5, 0.6) is 0 Å². The van der Waals surface area contributed by atoms with Crippen molar-refractivity contribution in [1.82, 2.24) is 21.3 Å². The maximum atomic E-state index is 13.3. The van der Waals surface area contributed by atoms with Gasteiger partial charge in [-0.05, 0) is 6.92 Å². The van der Waals surface area contributed by atoms with Crippen LogP contribution in [0.3, 0.4) is 0 Å². The predicted molar refractivity (Wildman–Crippen MR) is 392 cm³/mol. The number of amides is 4. The third-order valence-corrected chi connectivity index (χ3v) is 23.4. The van der Waals surface area contributed by atoms with Gasteiger partial charge in [0.15, 0.2) is 56.6 Å². The van der Waals surface area contributed by atoms with Crippen LogP contribution < -0.4 is 21.3 Å². The third kappa shape index (κ3) is 23.1. The van der Waals surface area contributed by atoms with Gasteiger partial charge in [-0.2, -0.15) is 0 Å². The van der Waals surface area contributed by atoms with Crippen LogP contribution in [0.4, 0.5) is 0 Å². The van der Waals surface area contributed by atoms with Crippen molar-refractivity contribution in [2.75, 3.05) is 59.5 Å². The van der Waals surface area contributed by atoms with Gasteiger partial charge in [0.2, 0.25) is 23.6 Å². The van der Waals surface area contributed by atoms with E-state index in [0.29, 0.717) is 0 Å². The molecule has 33 N–H and O–H groups in total. The van der Waals surface area contributed by atoms with E-state index in [-0.39, 0.29) is 0 Å². The molecule has 10 heterocycles. The van der Waals surface area contributed by atoms with Crippen LogP contribution in [0.1, 0.15) is 41.0 Å². The predicted octanol–water partition coefficient (Wildman–Crippen LogP) is -22.0. The Labute approximate surface area is 723 Å². The number of carboxylic acid groups (broad SMARTS) is 1. The number of rotatable bonds is 34. The Balaban J connectivity index is 0.869. The molecule has 0 aromatic heterocycles. The molecule has 740 valence electrons. The Morgan fingerprint density at radius 2 is 0.688 bits per heavy atom. The molecular formula is C71H118N4O53. The zero-order chi connectivity index (χ0) is 94.6. The van der Waals surface area contributed by atoms with Crippen LogP contribution in [-0.2, 0) is 114 Å². The van der Waals surface area contributed by atoms with Crippen molar-refractivity contribution in [3.8, 4) is 0 Å². The number of hydrogen-bond acceptors (Lipinski definition) is 52. The molecule has 57 nitrogen and oxygen atoms in total. The van der Waals surface area contributed by atoms with E-state index >= 15 is 0 Å². The molecule has 1 unspecified atom stereocenters.